The molecule has 39 heavy (non-hydrogen) atoms. The summed E-state index contributed by atoms with van der Waals surface area (Å²) in [6.45, 7) is -0.865. The molecule has 0 aliphatic rings. The van der Waals surface area contributed by atoms with E-state index in [1.807, 2.05) is 0 Å². The number of phenols is 1. The second-order valence-electron chi connectivity index (χ2n) is 8.88. The summed E-state index contributed by atoms with van der Waals surface area (Å²) in [4.78, 5) is 61.5. The zero-order chi connectivity index (χ0) is 28.9. The number of hydrogen-bond acceptors (Lipinski definition) is 8. The van der Waals surface area contributed by atoms with Gasteiger partial charge in [0.2, 0.25) is 23.6 Å². The first kappa shape index (κ1) is 30.7. The van der Waals surface area contributed by atoms with Crippen molar-refractivity contribution >= 4 is 29.6 Å². The van der Waals surface area contributed by atoms with Gasteiger partial charge in [0.25, 0.3) is 0 Å². The maximum atomic E-state index is 13.4. The SMILES string of the molecule is NC(=O)CCC(N)C(=O)NC(Cc1ccc(O)cc1)C(=O)NC(Cc1ccccc1)C(=O)NC(CO)C(=O)O. The third-order valence-electron chi connectivity index (χ3n) is 5.76. The van der Waals surface area contributed by atoms with Crippen molar-refractivity contribution in [2.45, 2.75) is 49.9 Å². The predicted octanol–water partition coefficient (Wildman–Crippen LogP) is -1.70. The fourth-order valence-electron chi connectivity index (χ4n) is 3.57. The standard InChI is InChI=1S/C26H33N5O8/c27-18(10-11-22(28)34)23(35)29-19(13-16-6-8-17(33)9-7-16)24(36)30-20(12-15-4-2-1-3-5-15)25(37)31-21(14-32)26(38)39/h1-9,18-21,32-33H,10-14,27H2,(H2,28,34)(H,29,35)(H,30,36)(H,31,37)(H,38,39). The highest BCUT2D eigenvalue weighted by Gasteiger charge is 2.30. The van der Waals surface area contributed by atoms with E-state index in [0.717, 1.165) is 0 Å². The van der Waals surface area contributed by atoms with Crippen molar-refractivity contribution in [3.63, 3.8) is 0 Å². The predicted molar refractivity (Wildman–Crippen MR) is 139 cm³/mol. The number of carbonyl (C=O) groups excluding carboxylic acids is 4. The van der Waals surface area contributed by atoms with Crippen molar-refractivity contribution in [1.29, 1.82) is 0 Å². The van der Waals surface area contributed by atoms with Crippen molar-refractivity contribution < 1.29 is 39.3 Å². The second kappa shape index (κ2) is 15.1. The van der Waals surface area contributed by atoms with Crippen molar-refractivity contribution in [1.82, 2.24) is 16.0 Å². The van der Waals surface area contributed by atoms with Gasteiger partial charge in [-0.3, -0.25) is 19.2 Å². The number of primary amides is 1. The number of aromatic hydroxyl groups is 1. The number of benzene rings is 2. The van der Waals surface area contributed by atoms with Crippen LogP contribution in [0, 0.1) is 0 Å². The Morgan fingerprint density at radius 2 is 1.23 bits per heavy atom. The summed E-state index contributed by atoms with van der Waals surface area (Å²) >= 11 is 0. The summed E-state index contributed by atoms with van der Waals surface area (Å²) < 4.78 is 0. The molecule has 0 radical (unpaired) electrons. The molecule has 0 bridgehead atoms. The summed E-state index contributed by atoms with van der Waals surface area (Å²) in [5.74, 6) is -4.47. The highest BCUT2D eigenvalue weighted by atomic mass is 16.4. The number of carbonyl (C=O) groups is 5. The lowest BCUT2D eigenvalue weighted by Gasteiger charge is -2.25. The van der Waals surface area contributed by atoms with Gasteiger partial charge in [0.05, 0.1) is 12.6 Å². The second-order valence-corrected chi connectivity index (χ2v) is 8.88. The molecule has 0 spiro atoms. The Morgan fingerprint density at radius 3 is 1.72 bits per heavy atom. The van der Waals surface area contributed by atoms with Crippen LogP contribution in [0.25, 0.3) is 0 Å². The highest BCUT2D eigenvalue weighted by molar-refractivity contribution is 5.94. The first-order valence-corrected chi connectivity index (χ1v) is 12.1. The van der Waals surface area contributed by atoms with Crippen LogP contribution in [0.15, 0.2) is 54.6 Å². The summed E-state index contributed by atoms with van der Waals surface area (Å²) in [7, 11) is 0. The monoisotopic (exact) mass is 543 g/mol. The van der Waals surface area contributed by atoms with Crippen molar-refractivity contribution in [3.8, 4) is 5.75 Å². The number of hydrogen-bond donors (Lipinski definition) is 8. The average Bonchev–Trinajstić information content (AvgIpc) is 2.90. The molecule has 0 aliphatic carbocycles. The van der Waals surface area contributed by atoms with Gasteiger partial charge in [-0.15, -0.1) is 0 Å². The highest BCUT2D eigenvalue weighted by Crippen LogP contribution is 2.12. The van der Waals surface area contributed by atoms with Gasteiger partial charge in [0.1, 0.15) is 23.9 Å². The quantitative estimate of drug-likeness (QED) is 0.128. The smallest absolute Gasteiger partial charge is 0.328 e. The molecule has 4 atom stereocenters. The Hall–Kier alpha value is -4.49. The van der Waals surface area contributed by atoms with Crippen LogP contribution in [0.4, 0.5) is 0 Å². The maximum absolute atomic E-state index is 13.4. The lowest BCUT2D eigenvalue weighted by atomic mass is 10.0. The van der Waals surface area contributed by atoms with E-state index in [2.05, 4.69) is 16.0 Å². The van der Waals surface area contributed by atoms with Gasteiger partial charge in [0.15, 0.2) is 0 Å². The van der Waals surface area contributed by atoms with E-state index in [1.165, 1.54) is 12.1 Å². The zero-order valence-corrected chi connectivity index (χ0v) is 21.1. The van der Waals surface area contributed by atoms with Crippen LogP contribution in [0.3, 0.4) is 0 Å². The molecule has 0 saturated carbocycles. The lowest BCUT2D eigenvalue weighted by Crippen LogP contribution is -2.58. The molecule has 10 N–H and O–H groups in total. The summed E-state index contributed by atoms with van der Waals surface area (Å²) in [5, 5.41) is 35.4. The van der Waals surface area contributed by atoms with Gasteiger partial charge in [-0.1, -0.05) is 42.5 Å². The van der Waals surface area contributed by atoms with Crippen molar-refractivity contribution in [2.75, 3.05) is 6.61 Å². The summed E-state index contributed by atoms with van der Waals surface area (Å²) in [6, 6.07) is 9.27. The van der Waals surface area contributed by atoms with Gasteiger partial charge < -0.3 is 42.7 Å². The normalized spacial score (nSPS) is 13.8. The largest absolute Gasteiger partial charge is 0.508 e. The number of nitrogens with one attached hydrogen (secondary N) is 3. The molecule has 0 aromatic heterocycles. The van der Waals surface area contributed by atoms with E-state index in [0.29, 0.717) is 11.1 Å². The number of nitrogens with two attached hydrogens (primary N) is 2. The van der Waals surface area contributed by atoms with Crippen LogP contribution in [0.5, 0.6) is 5.75 Å². The minimum absolute atomic E-state index is 0.00581. The van der Waals surface area contributed by atoms with Crippen LogP contribution < -0.4 is 27.4 Å². The maximum Gasteiger partial charge on any atom is 0.328 e. The molecule has 2 rings (SSSR count). The Balaban J connectivity index is 2.29. The Bertz CT molecular complexity index is 1140. The Labute approximate surface area is 224 Å². The van der Waals surface area contributed by atoms with Crippen LogP contribution in [-0.4, -0.2) is 75.7 Å². The van der Waals surface area contributed by atoms with Crippen LogP contribution in [0.2, 0.25) is 0 Å². The molecule has 13 nitrogen and oxygen atoms in total. The number of phenolic OH excluding ortho intramolecular Hbond substituents is 1. The molecule has 0 heterocycles. The molecule has 4 unspecified atom stereocenters. The molecular formula is C26H33N5O8. The fourth-order valence-corrected chi connectivity index (χ4v) is 3.57. The molecule has 0 fully saturated rings. The van der Waals surface area contributed by atoms with Crippen LogP contribution in [0.1, 0.15) is 24.0 Å². The number of carboxylic acid groups (broad SMARTS) is 1. The van der Waals surface area contributed by atoms with E-state index in [9.17, 15) is 39.3 Å². The van der Waals surface area contributed by atoms with Crippen molar-refractivity contribution in [2.24, 2.45) is 11.5 Å². The molecule has 0 saturated heterocycles. The van der Waals surface area contributed by atoms with Crippen LogP contribution in [-0.2, 0) is 36.8 Å². The Kier molecular flexibility index (Phi) is 11.9. The lowest BCUT2D eigenvalue weighted by molar-refractivity contribution is -0.143. The number of carboxylic acids is 1. The van der Waals surface area contributed by atoms with E-state index in [4.69, 9.17) is 11.5 Å². The molecular weight excluding hydrogens is 510 g/mol. The molecule has 13 heteroatoms. The molecule has 2 aromatic rings. The van der Waals surface area contributed by atoms with Gasteiger partial charge in [0, 0.05) is 19.3 Å². The van der Waals surface area contributed by atoms with Gasteiger partial charge in [-0.25, -0.2) is 4.79 Å². The minimum atomic E-state index is -1.59. The first-order valence-electron chi connectivity index (χ1n) is 12.1. The van der Waals surface area contributed by atoms with Crippen molar-refractivity contribution in [3.05, 3.63) is 65.7 Å². The number of rotatable bonds is 15. The number of aliphatic hydroxyl groups excluding tert-OH is 1. The Morgan fingerprint density at radius 1 is 0.744 bits per heavy atom. The van der Waals surface area contributed by atoms with Gasteiger partial charge in [-0.05, 0) is 29.7 Å². The molecule has 210 valence electrons. The van der Waals surface area contributed by atoms with Gasteiger partial charge >= 0.3 is 5.97 Å². The van der Waals surface area contributed by atoms with E-state index < -0.39 is 60.4 Å². The van der Waals surface area contributed by atoms with Gasteiger partial charge in [-0.2, -0.15) is 0 Å². The fraction of sp³-hybridized carbons (Fsp3) is 0.346. The van der Waals surface area contributed by atoms with E-state index >= 15 is 0 Å². The third kappa shape index (κ3) is 10.4. The van der Waals surface area contributed by atoms with Crippen LogP contribution >= 0.6 is 0 Å². The minimum Gasteiger partial charge on any atom is -0.508 e. The molecule has 4 amide bonds. The van der Waals surface area contributed by atoms with E-state index in [-0.39, 0.29) is 31.4 Å². The summed E-state index contributed by atoms with van der Waals surface area (Å²) in [6.07, 6.45) is -0.257. The number of aliphatic carboxylic acids is 1. The molecule has 0 aliphatic heterocycles. The zero-order valence-electron chi connectivity index (χ0n) is 21.1. The number of aliphatic hydroxyl groups is 1. The number of amides is 4. The molecule has 2 aromatic carbocycles. The topological polar surface area (TPSA) is 234 Å². The average molecular weight is 544 g/mol. The first-order chi connectivity index (χ1) is 18.5. The van der Waals surface area contributed by atoms with E-state index in [1.54, 1.807) is 42.5 Å². The third-order valence-corrected chi connectivity index (χ3v) is 5.76. The summed E-state index contributed by atoms with van der Waals surface area (Å²) in [5.41, 5.74) is 12.2.